The molecule has 3 atom stereocenters. The third-order valence-electron chi connectivity index (χ3n) is 2.77. The van der Waals surface area contributed by atoms with Crippen molar-refractivity contribution in [2.45, 2.75) is 38.0 Å². The number of hydrogen-bond acceptors (Lipinski definition) is 4. The summed E-state index contributed by atoms with van der Waals surface area (Å²) in [7, 11) is 0. The fourth-order valence-electron chi connectivity index (χ4n) is 1.73. The fraction of sp³-hybridized carbons (Fsp3) is 0.800. The molecule has 0 saturated carbocycles. The van der Waals surface area contributed by atoms with Crippen LogP contribution in [-0.4, -0.2) is 63.1 Å². The summed E-state index contributed by atoms with van der Waals surface area (Å²) in [5, 5.41) is 29.9. The van der Waals surface area contributed by atoms with E-state index < -0.39 is 29.7 Å². The summed E-state index contributed by atoms with van der Waals surface area (Å²) < 4.78 is 0. The van der Waals surface area contributed by atoms with Gasteiger partial charge < -0.3 is 25.5 Å². The van der Waals surface area contributed by atoms with E-state index in [4.69, 9.17) is 5.11 Å². The topological polar surface area (TPSA) is 110 Å². The highest BCUT2D eigenvalue weighted by atomic mass is 16.4. The molecule has 0 spiro atoms. The van der Waals surface area contributed by atoms with Gasteiger partial charge in [-0.3, -0.25) is 0 Å². The molecule has 1 fully saturated rings. The van der Waals surface area contributed by atoms with Gasteiger partial charge in [-0.05, 0) is 20.3 Å². The highest BCUT2D eigenvalue weighted by Gasteiger charge is 2.35. The Morgan fingerprint density at radius 2 is 2.06 bits per heavy atom. The maximum Gasteiger partial charge on any atom is 0.328 e. The summed E-state index contributed by atoms with van der Waals surface area (Å²) in [5.74, 6) is -1.29. The van der Waals surface area contributed by atoms with Crippen molar-refractivity contribution in [3.05, 3.63) is 0 Å². The summed E-state index contributed by atoms with van der Waals surface area (Å²) in [6, 6.07) is -1.93. The van der Waals surface area contributed by atoms with Crippen LogP contribution < -0.4 is 5.32 Å². The minimum atomic E-state index is -1.34. The van der Waals surface area contributed by atoms with Gasteiger partial charge in [0.15, 0.2) is 6.04 Å². The fourth-order valence-corrected chi connectivity index (χ4v) is 1.73. The smallest absolute Gasteiger partial charge is 0.328 e. The number of carbonyl (C=O) groups is 2. The largest absolute Gasteiger partial charge is 0.480 e. The van der Waals surface area contributed by atoms with E-state index in [9.17, 15) is 19.8 Å². The van der Waals surface area contributed by atoms with Gasteiger partial charge in [0, 0.05) is 6.54 Å². The normalized spacial score (nSPS) is 27.6. The standard InChI is InChI=1S/C10H18N2O5/c1-6(13)7(8(14)15)11-9(16)12-4-3-10(2,17)5-12/h6-7,13,17H,3-5H2,1-2H3,(H,11,16)(H,14,15). The van der Waals surface area contributed by atoms with Crippen molar-refractivity contribution in [3.8, 4) is 0 Å². The average Bonchev–Trinajstić information content (AvgIpc) is 2.53. The Bertz CT molecular complexity index is 316. The molecule has 98 valence electrons. The summed E-state index contributed by atoms with van der Waals surface area (Å²) in [6.07, 6.45) is -0.730. The lowest BCUT2D eigenvalue weighted by Crippen LogP contribution is -2.52. The second-order valence-electron chi connectivity index (χ2n) is 4.67. The average molecular weight is 246 g/mol. The van der Waals surface area contributed by atoms with Gasteiger partial charge in [-0.15, -0.1) is 0 Å². The molecule has 0 aromatic carbocycles. The number of carboxylic acid groups (broad SMARTS) is 1. The molecule has 4 N–H and O–H groups in total. The third kappa shape index (κ3) is 3.57. The number of nitrogens with one attached hydrogen (secondary N) is 1. The van der Waals surface area contributed by atoms with E-state index in [1.165, 1.54) is 11.8 Å². The summed E-state index contributed by atoms with van der Waals surface area (Å²) in [5.41, 5.74) is -0.930. The molecule has 1 saturated heterocycles. The number of likely N-dealkylation sites (tertiary alicyclic amines) is 1. The van der Waals surface area contributed by atoms with Crippen LogP contribution in [0.2, 0.25) is 0 Å². The predicted molar refractivity (Wildman–Crippen MR) is 58.5 cm³/mol. The third-order valence-corrected chi connectivity index (χ3v) is 2.77. The van der Waals surface area contributed by atoms with E-state index in [0.29, 0.717) is 13.0 Å². The van der Waals surface area contributed by atoms with Crippen LogP contribution >= 0.6 is 0 Å². The summed E-state index contributed by atoms with van der Waals surface area (Å²) >= 11 is 0. The molecule has 2 amide bonds. The molecular formula is C10H18N2O5. The first kappa shape index (κ1) is 13.7. The van der Waals surface area contributed by atoms with Gasteiger partial charge in [0.1, 0.15) is 0 Å². The van der Waals surface area contributed by atoms with E-state index in [2.05, 4.69) is 5.32 Å². The molecule has 1 rings (SSSR count). The molecule has 0 bridgehead atoms. The van der Waals surface area contributed by atoms with E-state index in [1.54, 1.807) is 6.92 Å². The van der Waals surface area contributed by atoms with E-state index in [0.717, 1.165) is 0 Å². The quantitative estimate of drug-likeness (QED) is 0.510. The van der Waals surface area contributed by atoms with Gasteiger partial charge in [0.2, 0.25) is 0 Å². The van der Waals surface area contributed by atoms with Crippen LogP contribution in [0.1, 0.15) is 20.3 Å². The van der Waals surface area contributed by atoms with Crippen LogP contribution in [0.15, 0.2) is 0 Å². The molecule has 0 radical (unpaired) electrons. The zero-order valence-corrected chi connectivity index (χ0v) is 9.88. The van der Waals surface area contributed by atoms with Crippen molar-refractivity contribution in [2.75, 3.05) is 13.1 Å². The SMILES string of the molecule is CC(O)C(NC(=O)N1CCC(C)(O)C1)C(=O)O. The number of carbonyl (C=O) groups excluding carboxylic acids is 1. The van der Waals surface area contributed by atoms with Crippen molar-refractivity contribution in [1.82, 2.24) is 10.2 Å². The molecular weight excluding hydrogens is 228 g/mol. The van der Waals surface area contributed by atoms with Crippen LogP contribution in [0.3, 0.4) is 0 Å². The molecule has 1 heterocycles. The second-order valence-corrected chi connectivity index (χ2v) is 4.67. The lowest BCUT2D eigenvalue weighted by atomic mass is 10.1. The van der Waals surface area contributed by atoms with Gasteiger partial charge >= 0.3 is 12.0 Å². The first-order valence-corrected chi connectivity index (χ1v) is 5.41. The molecule has 1 aliphatic rings. The zero-order valence-electron chi connectivity index (χ0n) is 9.88. The van der Waals surface area contributed by atoms with Gasteiger partial charge in [-0.2, -0.15) is 0 Å². The maximum atomic E-state index is 11.7. The Labute approximate surface area is 99.0 Å². The number of carboxylic acids is 1. The Kier molecular flexibility index (Phi) is 3.94. The van der Waals surface area contributed by atoms with Crippen LogP contribution in [0.4, 0.5) is 4.79 Å². The van der Waals surface area contributed by atoms with E-state index in [1.807, 2.05) is 0 Å². The number of hydrogen-bond donors (Lipinski definition) is 4. The number of aliphatic hydroxyl groups is 2. The molecule has 7 heteroatoms. The minimum Gasteiger partial charge on any atom is -0.480 e. The summed E-state index contributed by atoms with van der Waals surface area (Å²) in [6.45, 7) is 3.43. The van der Waals surface area contributed by atoms with Crippen molar-refractivity contribution >= 4 is 12.0 Å². The molecule has 0 aromatic rings. The van der Waals surface area contributed by atoms with Crippen LogP contribution in [0, 0.1) is 0 Å². The number of nitrogens with zero attached hydrogens (tertiary/aromatic N) is 1. The lowest BCUT2D eigenvalue weighted by molar-refractivity contribution is -0.141. The van der Waals surface area contributed by atoms with Gasteiger partial charge in [0.25, 0.3) is 0 Å². The molecule has 3 unspecified atom stereocenters. The van der Waals surface area contributed by atoms with Crippen LogP contribution in [-0.2, 0) is 4.79 Å². The zero-order chi connectivity index (χ0) is 13.2. The number of urea groups is 1. The van der Waals surface area contributed by atoms with Crippen LogP contribution in [0.5, 0.6) is 0 Å². The Morgan fingerprint density at radius 1 is 1.47 bits per heavy atom. The molecule has 0 aliphatic carbocycles. The van der Waals surface area contributed by atoms with Crippen LogP contribution in [0.25, 0.3) is 0 Å². The highest BCUT2D eigenvalue weighted by Crippen LogP contribution is 2.20. The number of rotatable bonds is 3. The highest BCUT2D eigenvalue weighted by molar-refractivity contribution is 5.83. The maximum absolute atomic E-state index is 11.7. The molecule has 1 aliphatic heterocycles. The molecule has 0 aromatic heterocycles. The van der Waals surface area contributed by atoms with Crippen molar-refractivity contribution < 1.29 is 24.9 Å². The Balaban J connectivity index is 2.57. The predicted octanol–water partition coefficient (Wildman–Crippen LogP) is -1.01. The lowest BCUT2D eigenvalue weighted by Gasteiger charge is -2.23. The van der Waals surface area contributed by atoms with Crippen molar-refractivity contribution in [2.24, 2.45) is 0 Å². The van der Waals surface area contributed by atoms with Gasteiger partial charge in [0.05, 0.1) is 18.2 Å². The van der Waals surface area contributed by atoms with E-state index >= 15 is 0 Å². The number of β-amino-alcohol motifs (C(OH)–C–C–N with tert-alkyl or cyclic N) is 1. The summed E-state index contributed by atoms with van der Waals surface area (Å²) in [4.78, 5) is 23.8. The van der Waals surface area contributed by atoms with Gasteiger partial charge in [-0.1, -0.05) is 0 Å². The Hall–Kier alpha value is -1.34. The molecule has 7 nitrogen and oxygen atoms in total. The monoisotopic (exact) mass is 246 g/mol. The number of amides is 2. The Morgan fingerprint density at radius 3 is 2.41 bits per heavy atom. The first-order valence-electron chi connectivity index (χ1n) is 5.41. The number of aliphatic hydroxyl groups excluding tert-OH is 1. The van der Waals surface area contributed by atoms with Gasteiger partial charge in [-0.25, -0.2) is 9.59 Å². The van der Waals surface area contributed by atoms with Crippen molar-refractivity contribution in [3.63, 3.8) is 0 Å². The minimum absolute atomic E-state index is 0.158. The molecule has 17 heavy (non-hydrogen) atoms. The number of aliphatic carboxylic acids is 1. The second kappa shape index (κ2) is 4.89. The first-order chi connectivity index (χ1) is 7.73. The van der Waals surface area contributed by atoms with Crippen molar-refractivity contribution in [1.29, 1.82) is 0 Å². The van der Waals surface area contributed by atoms with E-state index in [-0.39, 0.29) is 6.54 Å².